The highest BCUT2D eigenvalue weighted by Gasteiger charge is 2.11. The Balaban J connectivity index is 2.46. The molecule has 102 valence electrons. The molecule has 2 rings (SSSR count). The number of hydrogen-bond acceptors (Lipinski definition) is 3. The Kier molecular flexibility index (Phi) is 4.30. The van der Waals surface area contributed by atoms with E-state index in [9.17, 15) is 0 Å². The van der Waals surface area contributed by atoms with Crippen molar-refractivity contribution in [3.8, 4) is 5.95 Å². The lowest BCUT2D eigenvalue weighted by Crippen LogP contribution is -2.09. The second-order valence-electron chi connectivity index (χ2n) is 4.99. The van der Waals surface area contributed by atoms with Crippen molar-refractivity contribution in [2.45, 2.75) is 53.4 Å². The van der Waals surface area contributed by atoms with Gasteiger partial charge in [0.2, 0.25) is 0 Å². The summed E-state index contributed by atoms with van der Waals surface area (Å²) in [5.41, 5.74) is 4.31. The lowest BCUT2D eigenvalue weighted by molar-refractivity contribution is 0.714. The first-order chi connectivity index (χ1) is 9.13. The molecule has 0 aliphatic heterocycles. The maximum atomic E-state index is 4.66. The largest absolute Gasteiger partial charge is 0.251 e. The molecular formula is C15H22N4. The molecule has 0 saturated heterocycles. The van der Waals surface area contributed by atoms with Crippen molar-refractivity contribution in [3.63, 3.8) is 0 Å². The van der Waals surface area contributed by atoms with Crippen LogP contribution in [0.1, 0.15) is 49.5 Å². The lowest BCUT2D eigenvalue weighted by atomic mass is 10.2. The molecule has 0 aliphatic rings. The van der Waals surface area contributed by atoms with Crippen molar-refractivity contribution in [2.75, 3.05) is 0 Å². The minimum Gasteiger partial charge on any atom is -0.216 e. The van der Waals surface area contributed by atoms with E-state index in [1.54, 1.807) is 0 Å². The highest BCUT2D eigenvalue weighted by molar-refractivity contribution is 5.23. The minimum absolute atomic E-state index is 0.698. The fourth-order valence-electron chi connectivity index (χ4n) is 2.26. The first-order valence-electron chi connectivity index (χ1n) is 7.04. The van der Waals surface area contributed by atoms with Crippen LogP contribution in [-0.2, 0) is 12.8 Å². The smallest absolute Gasteiger partial charge is 0.216 e. The van der Waals surface area contributed by atoms with Crippen LogP contribution < -0.4 is 0 Å². The van der Waals surface area contributed by atoms with Gasteiger partial charge in [-0.3, -0.25) is 0 Å². The average Bonchev–Trinajstić information content (AvgIpc) is 2.72. The molecule has 2 aromatic heterocycles. The number of hydrogen-bond donors (Lipinski definition) is 0. The number of aryl methyl sites for hydroxylation is 4. The van der Waals surface area contributed by atoms with Crippen molar-refractivity contribution in [3.05, 3.63) is 34.9 Å². The fraction of sp³-hybridized carbons (Fsp3) is 0.533. The molecule has 0 saturated carbocycles. The number of aromatic nitrogens is 4. The van der Waals surface area contributed by atoms with Gasteiger partial charge in [0.1, 0.15) is 0 Å². The Morgan fingerprint density at radius 2 is 1.58 bits per heavy atom. The summed E-state index contributed by atoms with van der Waals surface area (Å²) < 4.78 is 1.91. The second-order valence-corrected chi connectivity index (χ2v) is 4.99. The van der Waals surface area contributed by atoms with Gasteiger partial charge in [0.15, 0.2) is 0 Å². The van der Waals surface area contributed by atoms with Gasteiger partial charge < -0.3 is 0 Å². The Morgan fingerprint density at radius 3 is 2.16 bits per heavy atom. The Hall–Kier alpha value is -1.71. The molecule has 0 fully saturated rings. The molecule has 0 radical (unpaired) electrons. The molecule has 0 N–H and O–H groups in total. The van der Waals surface area contributed by atoms with Crippen LogP contribution >= 0.6 is 0 Å². The molecule has 4 heteroatoms. The predicted molar refractivity (Wildman–Crippen MR) is 76.6 cm³/mol. The van der Waals surface area contributed by atoms with E-state index in [4.69, 9.17) is 0 Å². The fourth-order valence-corrected chi connectivity index (χ4v) is 2.26. The number of nitrogens with zero attached hydrogens (tertiary/aromatic N) is 4. The highest BCUT2D eigenvalue weighted by Crippen LogP contribution is 2.13. The summed E-state index contributed by atoms with van der Waals surface area (Å²) in [6, 6.07) is 4.17. The molecule has 0 atom stereocenters. The second kappa shape index (κ2) is 5.95. The maximum absolute atomic E-state index is 4.66. The SMILES string of the molecule is CCCc1cc(CCC)n(-c2nc(C)cc(C)n2)n1. The van der Waals surface area contributed by atoms with Gasteiger partial charge in [-0.05, 0) is 38.8 Å². The van der Waals surface area contributed by atoms with Gasteiger partial charge in [0.05, 0.1) is 5.69 Å². The molecule has 2 aromatic rings. The predicted octanol–water partition coefficient (Wildman–Crippen LogP) is 3.18. The van der Waals surface area contributed by atoms with E-state index >= 15 is 0 Å². The Morgan fingerprint density at radius 1 is 0.947 bits per heavy atom. The van der Waals surface area contributed by atoms with E-state index in [1.807, 2.05) is 24.6 Å². The summed E-state index contributed by atoms with van der Waals surface area (Å²) >= 11 is 0. The van der Waals surface area contributed by atoms with E-state index in [2.05, 4.69) is 35.0 Å². The summed E-state index contributed by atoms with van der Waals surface area (Å²) in [5, 5.41) is 4.66. The third-order valence-corrected chi connectivity index (χ3v) is 3.01. The van der Waals surface area contributed by atoms with Crippen molar-refractivity contribution < 1.29 is 0 Å². The number of rotatable bonds is 5. The molecule has 0 unspecified atom stereocenters. The summed E-state index contributed by atoms with van der Waals surface area (Å²) in [7, 11) is 0. The quantitative estimate of drug-likeness (QED) is 0.827. The molecule has 19 heavy (non-hydrogen) atoms. The van der Waals surface area contributed by atoms with Crippen LogP contribution in [0.2, 0.25) is 0 Å². The van der Waals surface area contributed by atoms with Crippen molar-refractivity contribution in [1.29, 1.82) is 0 Å². The van der Waals surface area contributed by atoms with Crippen LogP contribution in [0, 0.1) is 13.8 Å². The van der Waals surface area contributed by atoms with Crippen LogP contribution in [0.4, 0.5) is 0 Å². The van der Waals surface area contributed by atoms with Gasteiger partial charge in [-0.25, -0.2) is 14.6 Å². The standard InChI is InChI=1S/C15H22N4/c1-5-7-13-10-14(8-6-2)19(18-13)15-16-11(3)9-12(4)17-15/h9-10H,5-8H2,1-4H3. The lowest BCUT2D eigenvalue weighted by Gasteiger charge is -2.06. The summed E-state index contributed by atoms with van der Waals surface area (Å²) in [6.07, 6.45) is 4.22. The molecule has 0 aromatic carbocycles. The first kappa shape index (κ1) is 13.7. The zero-order valence-electron chi connectivity index (χ0n) is 12.3. The van der Waals surface area contributed by atoms with Gasteiger partial charge in [-0.2, -0.15) is 5.10 Å². The topological polar surface area (TPSA) is 43.6 Å². The van der Waals surface area contributed by atoms with E-state index < -0.39 is 0 Å². The van der Waals surface area contributed by atoms with Crippen LogP contribution in [0.5, 0.6) is 0 Å². The van der Waals surface area contributed by atoms with Crippen molar-refractivity contribution in [2.24, 2.45) is 0 Å². The Bertz CT molecular complexity index is 537. The molecule has 0 aliphatic carbocycles. The molecule has 2 heterocycles. The zero-order valence-corrected chi connectivity index (χ0v) is 12.3. The summed E-state index contributed by atoms with van der Waals surface area (Å²) in [4.78, 5) is 9.02. The van der Waals surface area contributed by atoms with Gasteiger partial charge in [0.25, 0.3) is 5.95 Å². The van der Waals surface area contributed by atoms with Crippen LogP contribution in [0.3, 0.4) is 0 Å². The van der Waals surface area contributed by atoms with Crippen LogP contribution in [-0.4, -0.2) is 19.7 Å². The van der Waals surface area contributed by atoms with E-state index in [-0.39, 0.29) is 0 Å². The van der Waals surface area contributed by atoms with E-state index in [1.165, 1.54) is 5.69 Å². The molecular weight excluding hydrogens is 236 g/mol. The summed E-state index contributed by atoms with van der Waals surface area (Å²) in [5.74, 6) is 0.698. The van der Waals surface area contributed by atoms with Crippen LogP contribution in [0.15, 0.2) is 12.1 Å². The normalized spacial score (nSPS) is 10.9. The van der Waals surface area contributed by atoms with Gasteiger partial charge >= 0.3 is 0 Å². The minimum atomic E-state index is 0.698. The van der Waals surface area contributed by atoms with Crippen molar-refractivity contribution >= 4 is 0 Å². The van der Waals surface area contributed by atoms with Gasteiger partial charge in [-0.15, -0.1) is 0 Å². The Labute approximate surface area is 114 Å². The molecule has 0 bridgehead atoms. The van der Waals surface area contributed by atoms with Gasteiger partial charge in [0, 0.05) is 17.1 Å². The molecule has 4 nitrogen and oxygen atoms in total. The van der Waals surface area contributed by atoms with Crippen molar-refractivity contribution in [1.82, 2.24) is 19.7 Å². The monoisotopic (exact) mass is 258 g/mol. The third kappa shape index (κ3) is 3.19. The molecule has 0 amide bonds. The third-order valence-electron chi connectivity index (χ3n) is 3.01. The molecule has 0 spiro atoms. The summed E-state index contributed by atoms with van der Waals surface area (Å²) in [6.45, 7) is 8.34. The van der Waals surface area contributed by atoms with E-state index in [0.29, 0.717) is 5.95 Å². The van der Waals surface area contributed by atoms with Gasteiger partial charge in [-0.1, -0.05) is 26.7 Å². The maximum Gasteiger partial charge on any atom is 0.251 e. The average molecular weight is 258 g/mol. The van der Waals surface area contributed by atoms with E-state index in [0.717, 1.165) is 42.8 Å². The highest BCUT2D eigenvalue weighted by atomic mass is 15.4. The first-order valence-corrected chi connectivity index (χ1v) is 7.04. The van der Waals surface area contributed by atoms with Crippen LogP contribution in [0.25, 0.3) is 5.95 Å². The zero-order chi connectivity index (χ0) is 13.8.